The van der Waals surface area contributed by atoms with Crippen molar-refractivity contribution in [3.63, 3.8) is 0 Å². The number of carbonyl (C=O) groups is 1. The van der Waals surface area contributed by atoms with Crippen LogP contribution in [0.3, 0.4) is 0 Å². The highest BCUT2D eigenvalue weighted by Crippen LogP contribution is 2.25. The zero-order chi connectivity index (χ0) is 8.97. The number of hydrogen-bond donors (Lipinski definition) is 1. The fourth-order valence-electron chi connectivity index (χ4n) is 0.665. The molecule has 1 rings (SSSR count). The molecule has 1 aliphatic rings. The van der Waals surface area contributed by atoms with E-state index in [4.69, 9.17) is 0 Å². The summed E-state index contributed by atoms with van der Waals surface area (Å²) >= 11 is 3.21. The van der Waals surface area contributed by atoms with Gasteiger partial charge in [-0.2, -0.15) is 15.8 Å². The maximum atomic E-state index is 10.6. The summed E-state index contributed by atoms with van der Waals surface area (Å²) in [6.07, 6.45) is 0. The van der Waals surface area contributed by atoms with Gasteiger partial charge in [0.1, 0.15) is 4.71 Å². The van der Waals surface area contributed by atoms with Gasteiger partial charge in [-0.05, 0) is 5.75 Å². The van der Waals surface area contributed by atoms with Crippen LogP contribution in [0.1, 0.15) is 13.8 Å². The van der Waals surface area contributed by atoms with Gasteiger partial charge in [0.15, 0.2) is 0 Å². The number of nitrogens with zero attached hydrogens (tertiary/aromatic N) is 2. The Labute approximate surface area is 79.9 Å². The molecule has 0 aliphatic carbocycles. The normalized spacial score (nSPS) is 25.8. The third kappa shape index (κ3) is 3.04. The van der Waals surface area contributed by atoms with E-state index in [-0.39, 0.29) is 10.6 Å². The van der Waals surface area contributed by atoms with Crippen LogP contribution in [0, 0.1) is 0 Å². The lowest BCUT2D eigenvalue weighted by molar-refractivity contribution is -0.115. The molecule has 4 nitrogen and oxygen atoms in total. The third-order valence-electron chi connectivity index (χ3n) is 1.05. The van der Waals surface area contributed by atoms with Gasteiger partial charge >= 0.3 is 0 Å². The van der Waals surface area contributed by atoms with E-state index in [0.29, 0.717) is 5.17 Å². The molecule has 1 aliphatic heterocycles. The Morgan fingerprint density at radius 2 is 2.67 bits per heavy atom. The van der Waals surface area contributed by atoms with Crippen LogP contribution in [0.15, 0.2) is 4.99 Å². The highest BCUT2D eigenvalue weighted by Gasteiger charge is 2.22. The summed E-state index contributed by atoms with van der Waals surface area (Å²) < 4.78 is 0.216. The van der Waals surface area contributed by atoms with Crippen molar-refractivity contribution in [1.29, 1.82) is 0 Å². The molecule has 1 fully saturated rings. The predicted molar refractivity (Wildman–Crippen MR) is 52.9 cm³/mol. The van der Waals surface area contributed by atoms with Crippen LogP contribution < -0.4 is 10.9 Å². The SMILES string of the molecule is CCSC1N[N]C(=NC(C)=O)S1. The van der Waals surface area contributed by atoms with Gasteiger partial charge in [-0.15, -0.1) is 11.8 Å². The van der Waals surface area contributed by atoms with E-state index in [2.05, 4.69) is 22.8 Å². The first-order chi connectivity index (χ1) is 5.72. The number of amides is 1. The second-order valence-corrected chi connectivity index (χ2v) is 4.81. The zero-order valence-corrected chi connectivity index (χ0v) is 8.54. The second kappa shape index (κ2) is 4.74. The van der Waals surface area contributed by atoms with Crippen molar-refractivity contribution in [1.82, 2.24) is 10.9 Å². The number of nitrogens with one attached hydrogen (secondary N) is 1. The topological polar surface area (TPSA) is 55.6 Å². The number of aliphatic imine (C=N–C) groups is 1. The van der Waals surface area contributed by atoms with Gasteiger partial charge in [0.25, 0.3) is 0 Å². The summed E-state index contributed by atoms with van der Waals surface area (Å²) in [6, 6.07) is 0. The maximum absolute atomic E-state index is 10.6. The van der Waals surface area contributed by atoms with E-state index >= 15 is 0 Å². The summed E-state index contributed by atoms with van der Waals surface area (Å²) in [5, 5.41) is 0.536. The van der Waals surface area contributed by atoms with Crippen LogP contribution in [0.5, 0.6) is 0 Å². The van der Waals surface area contributed by atoms with Crippen molar-refractivity contribution in [3.05, 3.63) is 0 Å². The molecule has 0 aromatic carbocycles. The lowest BCUT2D eigenvalue weighted by atomic mass is 10.8. The van der Waals surface area contributed by atoms with Gasteiger partial charge in [-0.1, -0.05) is 18.7 Å². The maximum Gasteiger partial charge on any atom is 0.245 e. The van der Waals surface area contributed by atoms with Gasteiger partial charge in [0.2, 0.25) is 11.1 Å². The minimum atomic E-state index is -0.204. The minimum Gasteiger partial charge on any atom is -0.273 e. The van der Waals surface area contributed by atoms with Crippen molar-refractivity contribution in [2.24, 2.45) is 4.99 Å². The van der Waals surface area contributed by atoms with Gasteiger partial charge in [-0.25, -0.2) is 0 Å². The monoisotopic (exact) mass is 204 g/mol. The standard InChI is InChI=1S/C6H10N3OS2/c1-3-11-6-9-8-5(12-6)7-4(2)10/h6,9H,3H2,1-2H3. The van der Waals surface area contributed by atoms with Crippen LogP contribution >= 0.6 is 23.5 Å². The predicted octanol–water partition coefficient (Wildman–Crippen LogP) is 0.781. The van der Waals surface area contributed by atoms with E-state index in [0.717, 1.165) is 5.75 Å². The molecule has 6 heteroatoms. The Bertz CT molecular complexity index is 207. The average molecular weight is 204 g/mol. The average Bonchev–Trinajstić information content (AvgIpc) is 2.36. The van der Waals surface area contributed by atoms with Crippen LogP contribution in [-0.4, -0.2) is 21.5 Å². The molecule has 1 N–H and O–H groups in total. The molecule has 0 aromatic rings. The van der Waals surface area contributed by atoms with E-state index in [9.17, 15) is 4.79 Å². The summed E-state index contributed by atoms with van der Waals surface area (Å²) in [5.74, 6) is 0.818. The first-order valence-corrected chi connectivity index (χ1v) is 5.49. The van der Waals surface area contributed by atoms with Crippen LogP contribution in [0.25, 0.3) is 0 Å². The van der Waals surface area contributed by atoms with E-state index in [1.807, 2.05) is 0 Å². The molecular weight excluding hydrogens is 194 g/mol. The molecule has 0 spiro atoms. The van der Waals surface area contributed by atoms with Gasteiger partial charge < -0.3 is 0 Å². The van der Waals surface area contributed by atoms with Crippen molar-refractivity contribution in [2.75, 3.05) is 5.75 Å². The first-order valence-electron chi connectivity index (χ1n) is 3.56. The lowest BCUT2D eigenvalue weighted by Crippen LogP contribution is -2.23. The fourth-order valence-corrected chi connectivity index (χ4v) is 2.62. The molecule has 0 bridgehead atoms. The molecule has 0 aromatic heterocycles. The molecule has 67 valence electrons. The van der Waals surface area contributed by atoms with Crippen LogP contribution in [-0.2, 0) is 4.79 Å². The van der Waals surface area contributed by atoms with Gasteiger partial charge in [-0.3, -0.25) is 4.79 Å². The van der Waals surface area contributed by atoms with Gasteiger partial charge in [0, 0.05) is 6.92 Å². The smallest absolute Gasteiger partial charge is 0.245 e. The van der Waals surface area contributed by atoms with Crippen molar-refractivity contribution >= 4 is 34.6 Å². The van der Waals surface area contributed by atoms with Crippen molar-refractivity contribution < 1.29 is 4.79 Å². The lowest BCUT2D eigenvalue weighted by Gasteiger charge is -2.01. The number of thioether (sulfide) groups is 2. The number of rotatable bonds is 2. The Morgan fingerprint density at radius 1 is 1.92 bits per heavy atom. The number of hydrogen-bond acceptors (Lipinski definition) is 4. The molecular formula is C6H10N3OS2. The Morgan fingerprint density at radius 3 is 3.25 bits per heavy atom. The van der Waals surface area contributed by atoms with Crippen molar-refractivity contribution in [3.8, 4) is 0 Å². The van der Waals surface area contributed by atoms with Crippen LogP contribution in [0.2, 0.25) is 0 Å². The largest absolute Gasteiger partial charge is 0.273 e. The zero-order valence-electron chi connectivity index (χ0n) is 6.90. The molecule has 1 heterocycles. The van der Waals surface area contributed by atoms with Crippen molar-refractivity contribution in [2.45, 2.75) is 18.6 Å². The molecule has 0 saturated carbocycles. The molecule has 1 radical (unpaired) electrons. The summed E-state index contributed by atoms with van der Waals surface area (Å²) in [4.78, 5) is 14.3. The van der Waals surface area contributed by atoms with Crippen LogP contribution in [0.4, 0.5) is 0 Å². The molecule has 1 amide bonds. The van der Waals surface area contributed by atoms with E-state index < -0.39 is 0 Å². The summed E-state index contributed by atoms with van der Waals surface area (Å²) in [6.45, 7) is 3.50. The first kappa shape index (κ1) is 9.88. The summed E-state index contributed by atoms with van der Waals surface area (Å²) in [7, 11) is 0. The number of carbonyl (C=O) groups excluding carboxylic acids is 1. The third-order valence-corrected chi connectivity index (χ3v) is 3.20. The molecule has 1 unspecified atom stereocenters. The second-order valence-electron chi connectivity index (χ2n) is 2.06. The fraction of sp³-hybridized carbons (Fsp3) is 0.667. The highest BCUT2D eigenvalue weighted by molar-refractivity contribution is 8.25. The highest BCUT2D eigenvalue weighted by atomic mass is 32.2. The molecule has 12 heavy (non-hydrogen) atoms. The summed E-state index contributed by atoms with van der Waals surface area (Å²) in [5.41, 5.74) is 6.78. The molecule has 1 saturated heterocycles. The quantitative estimate of drug-likeness (QED) is 0.722. The number of amidine groups is 1. The Balaban J connectivity index is 2.40. The molecule has 1 atom stereocenters. The van der Waals surface area contributed by atoms with Gasteiger partial charge in [0.05, 0.1) is 0 Å². The Kier molecular flexibility index (Phi) is 3.90. The van der Waals surface area contributed by atoms with E-state index in [1.54, 1.807) is 11.8 Å². The minimum absolute atomic E-state index is 0.204. The Hall–Kier alpha value is -0.200. The van der Waals surface area contributed by atoms with E-state index in [1.165, 1.54) is 18.7 Å².